The molecule has 0 bridgehead atoms. The number of benzene rings is 2. The Labute approximate surface area is 203 Å². The number of nitrogens with one attached hydrogen (secondary N) is 1. The fraction of sp³-hybridized carbons (Fsp3) is 0.250. The second-order valence-corrected chi connectivity index (χ2v) is 10.2. The first kappa shape index (κ1) is 21.2. The van der Waals surface area contributed by atoms with Crippen molar-refractivity contribution in [2.45, 2.75) is 30.1 Å². The standard InChI is InChI=1S/C24H21N5O3S2/c1-32-21(30)19-17(13-33-23-26-27-24-29(23)16-9-5-6-10-18(16)34-24)28(15-11-12-15)22(31)25-20(19)14-7-3-2-4-8-14/h2-10,15,20H,11-13H2,1H3,(H,25,31). The second-order valence-electron chi connectivity index (χ2n) is 8.21. The number of thioether (sulfide) groups is 1. The predicted molar refractivity (Wildman–Crippen MR) is 131 cm³/mol. The molecule has 10 heteroatoms. The molecule has 8 nitrogen and oxygen atoms in total. The summed E-state index contributed by atoms with van der Waals surface area (Å²) in [6, 6.07) is 16.9. The van der Waals surface area contributed by atoms with Crippen LogP contribution in [0.1, 0.15) is 24.4 Å². The van der Waals surface area contributed by atoms with Gasteiger partial charge in [-0.15, -0.1) is 10.2 Å². The van der Waals surface area contributed by atoms with Gasteiger partial charge in [-0.3, -0.25) is 9.30 Å². The van der Waals surface area contributed by atoms with Gasteiger partial charge in [0.05, 0.1) is 28.9 Å². The van der Waals surface area contributed by atoms with Gasteiger partial charge in [-0.25, -0.2) is 9.59 Å². The fourth-order valence-electron chi connectivity index (χ4n) is 4.37. The highest BCUT2D eigenvalue weighted by Gasteiger charge is 2.44. The summed E-state index contributed by atoms with van der Waals surface area (Å²) < 4.78 is 8.35. The first-order valence-corrected chi connectivity index (χ1v) is 12.8. The van der Waals surface area contributed by atoms with E-state index < -0.39 is 12.0 Å². The number of esters is 1. The summed E-state index contributed by atoms with van der Waals surface area (Å²) in [5.74, 6) is -0.0506. The van der Waals surface area contributed by atoms with Crippen LogP contribution in [0.3, 0.4) is 0 Å². The van der Waals surface area contributed by atoms with Crippen LogP contribution in [0.2, 0.25) is 0 Å². The Balaban J connectivity index is 1.44. The smallest absolute Gasteiger partial charge is 0.338 e. The van der Waals surface area contributed by atoms with Crippen molar-refractivity contribution >= 4 is 50.3 Å². The van der Waals surface area contributed by atoms with Gasteiger partial charge < -0.3 is 10.1 Å². The zero-order valence-corrected chi connectivity index (χ0v) is 19.9. The molecular formula is C24H21N5O3S2. The van der Waals surface area contributed by atoms with E-state index in [9.17, 15) is 9.59 Å². The van der Waals surface area contributed by atoms with Crippen molar-refractivity contribution < 1.29 is 14.3 Å². The predicted octanol–water partition coefficient (Wildman–Crippen LogP) is 4.39. The third-order valence-electron chi connectivity index (χ3n) is 6.08. The molecule has 0 spiro atoms. The number of carbonyl (C=O) groups is 2. The molecule has 1 aliphatic carbocycles. The molecule has 0 radical (unpaired) electrons. The van der Waals surface area contributed by atoms with Crippen molar-refractivity contribution in [2.75, 3.05) is 12.9 Å². The van der Waals surface area contributed by atoms with E-state index >= 15 is 0 Å². The number of aromatic nitrogens is 3. The Morgan fingerprint density at radius 2 is 1.91 bits per heavy atom. The number of urea groups is 1. The molecule has 0 saturated heterocycles. The first-order chi connectivity index (χ1) is 16.7. The number of thiazole rings is 1. The number of hydrogen-bond donors (Lipinski definition) is 1. The molecular weight excluding hydrogens is 470 g/mol. The SMILES string of the molecule is COC(=O)C1=C(CSc2nnc3sc4ccccc4n23)N(C2CC2)C(=O)NC1c1ccccc1. The van der Waals surface area contributed by atoms with Crippen molar-refractivity contribution in [3.63, 3.8) is 0 Å². The van der Waals surface area contributed by atoms with Crippen molar-refractivity contribution in [2.24, 2.45) is 0 Å². The van der Waals surface area contributed by atoms with Crippen LogP contribution in [-0.2, 0) is 9.53 Å². The van der Waals surface area contributed by atoms with Crippen molar-refractivity contribution in [3.05, 3.63) is 71.4 Å². The van der Waals surface area contributed by atoms with E-state index in [4.69, 9.17) is 4.74 Å². The van der Waals surface area contributed by atoms with E-state index in [1.165, 1.54) is 18.9 Å². The number of amides is 2. The van der Waals surface area contributed by atoms with Crippen molar-refractivity contribution in [3.8, 4) is 0 Å². The van der Waals surface area contributed by atoms with E-state index in [0.29, 0.717) is 17.0 Å². The van der Waals surface area contributed by atoms with E-state index in [0.717, 1.165) is 38.7 Å². The lowest BCUT2D eigenvalue weighted by Crippen LogP contribution is -2.50. The number of methoxy groups -OCH3 is 1. The van der Waals surface area contributed by atoms with Crippen molar-refractivity contribution in [1.29, 1.82) is 0 Å². The van der Waals surface area contributed by atoms with Gasteiger partial charge in [0.15, 0.2) is 5.16 Å². The number of hydrogen-bond acceptors (Lipinski definition) is 7. The van der Waals surface area contributed by atoms with Gasteiger partial charge in [0.2, 0.25) is 4.96 Å². The molecule has 172 valence electrons. The van der Waals surface area contributed by atoms with Gasteiger partial charge >= 0.3 is 12.0 Å². The van der Waals surface area contributed by atoms with Gasteiger partial charge in [-0.1, -0.05) is 65.6 Å². The fourth-order valence-corrected chi connectivity index (χ4v) is 6.37. The summed E-state index contributed by atoms with van der Waals surface area (Å²) in [6.07, 6.45) is 1.83. The molecule has 1 N–H and O–H groups in total. The maximum absolute atomic E-state index is 13.2. The Bertz CT molecular complexity index is 1440. The van der Waals surface area contributed by atoms with Crippen LogP contribution in [0.5, 0.6) is 0 Å². The highest BCUT2D eigenvalue weighted by molar-refractivity contribution is 7.99. The Morgan fingerprint density at radius 3 is 2.68 bits per heavy atom. The molecule has 4 aromatic rings. The minimum atomic E-state index is -0.577. The van der Waals surface area contributed by atoms with Crippen LogP contribution in [0.15, 0.2) is 71.0 Å². The largest absolute Gasteiger partial charge is 0.466 e. The number of fused-ring (bicyclic) bond motifs is 3. The van der Waals surface area contributed by atoms with Gasteiger partial charge in [0, 0.05) is 17.5 Å². The number of ether oxygens (including phenoxy) is 1. The van der Waals surface area contributed by atoms with Crippen LogP contribution in [-0.4, -0.2) is 50.4 Å². The average Bonchev–Trinajstić information content (AvgIpc) is 3.52. The monoisotopic (exact) mass is 491 g/mol. The lowest BCUT2D eigenvalue weighted by Gasteiger charge is -2.36. The molecule has 1 saturated carbocycles. The zero-order chi connectivity index (χ0) is 23.2. The number of para-hydroxylation sites is 1. The minimum absolute atomic E-state index is 0.0902. The molecule has 1 aliphatic heterocycles. The summed E-state index contributed by atoms with van der Waals surface area (Å²) in [4.78, 5) is 28.8. The second kappa shape index (κ2) is 8.44. The maximum Gasteiger partial charge on any atom is 0.338 e. The summed E-state index contributed by atoms with van der Waals surface area (Å²) in [6.45, 7) is 0. The summed E-state index contributed by atoms with van der Waals surface area (Å²) in [5, 5.41) is 12.5. The number of nitrogens with zero attached hydrogens (tertiary/aromatic N) is 4. The highest BCUT2D eigenvalue weighted by atomic mass is 32.2. The van der Waals surface area contributed by atoms with E-state index in [2.05, 4.69) is 21.6 Å². The van der Waals surface area contributed by atoms with Crippen LogP contribution >= 0.6 is 23.1 Å². The molecule has 2 aromatic carbocycles. The lowest BCUT2D eigenvalue weighted by molar-refractivity contribution is -0.136. The molecule has 2 amide bonds. The third-order valence-corrected chi connectivity index (χ3v) is 8.03. The average molecular weight is 492 g/mol. The van der Waals surface area contributed by atoms with Gasteiger partial charge in [-0.05, 0) is 30.5 Å². The Kier molecular flexibility index (Phi) is 5.26. The van der Waals surface area contributed by atoms with Crippen LogP contribution < -0.4 is 5.32 Å². The summed E-state index contributed by atoms with van der Waals surface area (Å²) in [5.41, 5.74) is 3.01. The van der Waals surface area contributed by atoms with Gasteiger partial charge in [0.1, 0.15) is 0 Å². The minimum Gasteiger partial charge on any atom is -0.466 e. The Hall–Kier alpha value is -3.37. The topological polar surface area (TPSA) is 88.8 Å². The molecule has 1 unspecified atom stereocenters. The third kappa shape index (κ3) is 3.54. The Morgan fingerprint density at radius 1 is 1.15 bits per heavy atom. The van der Waals surface area contributed by atoms with Crippen molar-refractivity contribution in [1.82, 2.24) is 24.8 Å². The van der Waals surface area contributed by atoms with Gasteiger partial charge in [0.25, 0.3) is 0 Å². The lowest BCUT2D eigenvalue weighted by atomic mass is 9.95. The zero-order valence-electron chi connectivity index (χ0n) is 18.3. The normalized spacial score (nSPS) is 18.6. The van der Waals surface area contributed by atoms with E-state index in [1.54, 1.807) is 16.2 Å². The molecule has 2 aliphatic rings. The van der Waals surface area contributed by atoms with Crippen LogP contribution in [0.25, 0.3) is 15.2 Å². The maximum atomic E-state index is 13.2. The summed E-state index contributed by atoms with van der Waals surface area (Å²) in [7, 11) is 1.37. The highest BCUT2D eigenvalue weighted by Crippen LogP contribution is 2.40. The quantitative estimate of drug-likeness (QED) is 0.318. The first-order valence-electron chi connectivity index (χ1n) is 11.0. The van der Waals surface area contributed by atoms with E-state index in [-0.39, 0.29) is 12.1 Å². The molecule has 2 aromatic heterocycles. The molecule has 6 rings (SSSR count). The molecule has 3 heterocycles. The molecule has 1 fully saturated rings. The summed E-state index contributed by atoms with van der Waals surface area (Å²) >= 11 is 3.05. The van der Waals surface area contributed by atoms with E-state index in [1.807, 2.05) is 52.9 Å². The van der Waals surface area contributed by atoms with Gasteiger partial charge in [-0.2, -0.15) is 0 Å². The molecule has 34 heavy (non-hydrogen) atoms. The molecule has 1 atom stereocenters. The van der Waals surface area contributed by atoms with Crippen LogP contribution in [0.4, 0.5) is 4.79 Å². The number of rotatable bonds is 6. The number of carbonyl (C=O) groups excluding carboxylic acids is 2. The van der Waals surface area contributed by atoms with Crippen LogP contribution in [0, 0.1) is 0 Å².